The summed E-state index contributed by atoms with van der Waals surface area (Å²) in [6, 6.07) is 9.09. The molecule has 5 nitrogen and oxygen atoms in total. The van der Waals surface area contributed by atoms with Gasteiger partial charge in [0.1, 0.15) is 0 Å². The van der Waals surface area contributed by atoms with E-state index >= 15 is 0 Å². The van der Waals surface area contributed by atoms with Crippen LogP contribution in [0.3, 0.4) is 0 Å². The largest absolute Gasteiger partial charge is 0.481 e. The average molecular weight is 284 g/mol. The third-order valence-corrected chi connectivity index (χ3v) is 4.09. The number of nitrogens with zero attached hydrogens (tertiary/aromatic N) is 2. The number of carbonyl (C=O) groups excluding carboxylic acids is 1. The van der Waals surface area contributed by atoms with E-state index in [9.17, 15) is 14.7 Å². The zero-order valence-electron chi connectivity index (χ0n) is 11.7. The van der Waals surface area contributed by atoms with Crippen molar-refractivity contribution in [3.8, 4) is 0 Å². The van der Waals surface area contributed by atoms with Crippen molar-refractivity contribution in [2.24, 2.45) is 11.8 Å². The van der Waals surface area contributed by atoms with Crippen LogP contribution in [0.25, 0.3) is 10.9 Å². The molecule has 1 saturated heterocycles. The third kappa shape index (κ3) is 2.35. The summed E-state index contributed by atoms with van der Waals surface area (Å²) in [5.41, 5.74) is 1.35. The molecule has 1 aromatic carbocycles. The van der Waals surface area contributed by atoms with Crippen LogP contribution in [-0.2, 0) is 4.79 Å². The molecule has 0 saturated carbocycles. The van der Waals surface area contributed by atoms with Gasteiger partial charge in [0.05, 0.1) is 11.4 Å². The third-order valence-electron chi connectivity index (χ3n) is 4.09. The fourth-order valence-corrected chi connectivity index (χ4v) is 2.91. The Labute approximate surface area is 122 Å². The summed E-state index contributed by atoms with van der Waals surface area (Å²) in [4.78, 5) is 29.7. The predicted molar refractivity (Wildman–Crippen MR) is 77.9 cm³/mol. The number of likely N-dealkylation sites (tertiary alicyclic amines) is 1. The quantitative estimate of drug-likeness (QED) is 0.916. The summed E-state index contributed by atoms with van der Waals surface area (Å²) in [6.45, 7) is 2.62. The molecule has 2 atom stereocenters. The van der Waals surface area contributed by atoms with Crippen molar-refractivity contribution in [1.82, 2.24) is 9.88 Å². The minimum Gasteiger partial charge on any atom is -0.481 e. The molecule has 108 valence electrons. The van der Waals surface area contributed by atoms with Gasteiger partial charge in [0, 0.05) is 30.2 Å². The molecule has 1 aliphatic heterocycles. The topological polar surface area (TPSA) is 70.5 Å². The van der Waals surface area contributed by atoms with Crippen molar-refractivity contribution in [1.29, 1.82) is 0 Å². The van der Waals surface area contributed by atoms with Gasteiger partial charge >= 0.3 is 5.97 Å². The number of aliphatic carboxylic acids is 1. The lowest BCUT2D eigenvalue weighted by Crippen LogP contribution is -2.30. The second-order valence-electron chi connectivity index (χ2n) is 5.51. The molecule has 1 aliphatic rings. The van der Waals surface area contributed by atoms with Crippen LogP contribution in [0.4, 0.5) is 0 Å². The van der Waals surface area contributed by atoms with E-state index < -0.39 is 11.9 Å². The van der Waals surface area contributed by atoms with Gasteiger partial charge in [0.2, 0.25) is 0 Å². The summed E-state index contributed by atoms with van der Waals surface area (Å²) in [5.74, 6) is -1.47. The number of amides is 1. The maximum atomic E-state index is 12.7. The van der Waals surface area contributed by atoms with Gasteiger partial charge in [-0.15, -0.1) is 0 Å². The Morgan fingerprint density at radius 3 is 2.76 bits per heavy atom. The van der Waals surface area contributed by atoms with Crippen molar-refractivity contribution in [3.05, 3.63) is 42.1 Å². The highest BCUT2D eigenvalue weighted by molar-refractivity contribution is 6.06. The molecule has 0 spiro atoms. The predicted octanol–water partition coefficient (Wildman–Crippen LogP) is 2.03. The number of benzene rings is 1. The molecule has 1 N–H and O–H groups in total. The molecule has 0 aliphatic carbocycles. The van der Waals surface area contributed by atoms with Crippen LogP contribution in [0.5, 0.6) is 0 Å². The maximum Gasteiger partial charge on any atom is 0.308 e. The summed E-state index contributed by atoms with van der Waals surface area (Å²) < 4.78 is 0. The van der Waals surface area contributed by atoms with E-state index in [4.69, 9.17) is 0 Å². The van der Waals surface area contributed by atoms with Crippen LogP contribution in [0.2, 0.25) is 0 Å². The molecular formula is C16H16N2O3. The van der Waals surface area contributed by atoms with Gasteiger partial charge in [-0.25, -0.2) is 0 Å². The van der Waals surface area contributed by atoms with Crippen LogP contribution >= 0.6 is 0 Å². The lowest BCUT2D eigenvalue weighted by atomic mass is 9.99. The first-order valence-electron chi connectivity index (χ1n) is 6.93. The molecule has 0 bridgehead atoms. The van der Waals surface area contributed by atoms with Crippen molar-refractivity contribution >= 4 is 22.8 Å². The highest BCUT2D eigenvalue weighted by atomic mass is 16.4. The number of carboxylic acids is 1. The van der Waals surface area contributed by atoms with Crippen LogP contribution < -0.4 is 0 Å². The number of fused-ring (bicyclic) bond motifs is 1. The fourth-order valence-electron chi connectivity index (χ4n) is 2.91. The Balaban J connectivity index is 1.93. The van der Waals surface area contributed by atoms with Gasteiger partial charge in [-0.3, -0.25) is 14.6 Å². The standard InChI is InChI=1S/C16H16N2O3/c1-10-8-18(9-13(10)16(20)21)15(19)12-4-2-6-14-11(12)5-3-7-17-14/h2-7,10,13H,8-9H2,1H3,(H,20,21)/t10-,13-/m1/s1. The van der Waals surface area contributed by atoms with Crippen molar-refractivity contribution < 1.29 is 14.7 Å². The van der Waals surface area contributed by atoms with Crippen LogP contribution in [0.15, 0.2) is 36.5 Å². The number of hydrogen-bond acceptors (Lipinski definition) is 3. The second-order valence-corrected chi connectivity index (χ2v) is 5.51. The molecule has 21 heavy (non-hydrogen) atoms. The van der Waals surface area contributed by atoms with Gasteiger partial charge in [0.25, 0.3) is 5.91 Å². The minimum atomic E-state index is -0.836. The van der Waals surface area contributed by atoms with Gasteiger partial charge in [0.15, 0.2) is 0 Å². The first-order valence-corrected chi connectivity index (χ1v) is 6.93. The van der Waals surface area contributed by atoms with E-state index in [1.807, 2.05) is 19.1 Å². The van der Waals surface area contributed by atoms with E-state index in [2.05, 4.69) is 4.98 Å². The lowest BCUT2D eigenvalue weighted by Gasteiger charge is -2.17. The Bertz CT molecular complexity index is 708. The van der Waals surface area contributed by atoms with E-state index in [0.29, 0.717) is 12.1 Å². The molecule has 5 heteroatoms. The first kappa shape index (κ1) is 13.5. The number of pyridine rings is 1. The normalized spacial score (nSPS) is 21.7. The number of hydrogen-bond donors (Lipinski definition) is 1. The zero-order chi connectivity index (χ0) is 15.0. The van der Waals surface area contributed by atoms with Crippen molar-refractivity contribution in [2.75, 3.05) is 13.1 Å². The minimum absolute atomic E-state index is 0.0282. The average Bonchev–Trinajstić information content (AvgIpc) is 2.88. The van der Waals surface area contributed by atoms with Crippen LogP contribution in [-0.4, -0.2) is 40.0 Å². The molecule has 0 radical (unpaired) electrons. The van der Waals surface area contributed by atoms with Crippen molar-refractivity contribution in [2.45, 2.75) is 6.92 Å². The molecule has 3 rings (SSSR count). The number of aromatic nitrogens is 1. The Kier molecular flexibility index (Phi) is 3.33. The summed E-state index contributed by atoms with van der Waals surface area (Å²) in [7, 11) is 0. The summed E-state index contributed by atoms with van der Waals surface area (Å²) >= 11 is 0. The molecular weight excluding hydrogens is 268 g/mol. The SMILES string of the molecule is C[C@@H]1CN(C(=O)c2cccc3ncccc23)C[C@H]1C(=O)O. The molecule has 1 amide bonds. The summed E-state index contributed by atoms with van der Waals surface area (Å²) in [6.07, 6.45) is 1.69. The highest BCUT2D eigenvalue weighted by Crippen LogP contribution is 2.26. The van der Waals surface area contributed by atoms with Gasteiger partial charge in [-0.05, 0) is 24.1 Å². The lowest BCUT2D eigenvalue weighted by molar-refractivity contribution is -0.142. The number of carbonyl (C=O) groups is 2. The summed E-state index contributed by atoms with van der Waals surface area (Å²) in [5, 5.41) is 9.98. The monoisotopic (exact) mass is 284 g/mol. The second kappa shape index (κ2) is 5.16. The van der Waals surface area contributed by atoms with Crippen LogP contribution in [0, 0.1) is 11.8 Å². The Morgan fingerprint density at radius 2 is 2.05 bits per heavy atom. The molecule has 1 fully saturated rings. The number of carboxylic acid groups (broad SMARTS) is 1. The maximum absolute atomic E-state index is 12.7. The van der Waals surface area contributed by atoms with Gasteiger partial charge in [-0.1, -0.05) is 19.1 Å². The van der Waals surface area contributed by atoms with E-state index in [-0.39, 0.29) is 18.4 Å². The Hall–Kier alpha value is -2.43. The zero-order valence-corrected chi connectivity index (χ0v) is 11.7. The highest BCUT2D eigenvalue weighted by Gasteiger charge is 2.37. The Morgan fingerprint density at radius 1 is 1.24 bits per heavy atom. The van der Waals surface area contributed by atoms with E-state index in [1.165, 1.54) is 0 Å². The van der Waals surface area contributed by atoms with E-state index in [0.717, 1.165) is 10.9 Å². The van der Waals surface area contributed by atoms with E-state index in [1.54, 1.807) is 29.3 Å². The molecule has 0 unspecified atom stereocenters. The first-order chi connectivity index (χ1) is 10.1. The smallest absolute Gasteiger partial charge is 0.308 e. The van der Waals surface area contributed by atoms with Gasteiger partial charge < -0.3 is 10.0 Å². The number of rotatable bonds is 2. The van der Waals surface area contributed by atoms with Crippen LogP contribution in [0.1, 0.15) is 17.3 Å². The van der Waals surface area contributed by atoms with Crippen molar-refractivity contribution in [3.63, 3.8) is 0 Å². The fraction of sp³-hybridized carbons (Fsp3) is 0.312. The van der Waals surface area contributed by atoms with Gasteiger partial charge in [-0.2, -0.15) is 0 Å². The molecule has 2 heterocycles. The molecule has 1 aromatic heterocycles. The molecule has 2 aromatic rings.